The highest BCUT2D eigenvalue weighted by Crippen LogP contribution is 2.37. The van der Waals surface area contributed by atoms with E-state index in [0.29, 0.717) is 28.7 Å². The van der Waals surface area contributed by atoms with Crippen molar-refractivity contribution in [2.45, 2.75) is 45.6 Å². The highest BCUT2D eigenvalue weighted by molar-refractivity contribution is 7.80. The van der Waals surface area contributed by atoms with Gasteiger partial charge in [-0.3, -0.25) is 4.57 Å². The second-order valence-electron chi connectivity index (χ2n) is 7.07. The summed E-state index contributed by atoms with van der Waals surface area (Å²) in [6.45, 7) is 4.31. The fourth-order valence-electron chi connectivity index (χ4n) is 3.51. The molecule has 3 heterocycles. The first kappa shape index (κ1) is 19.6. The summed E-state index contributed by atoms with van der Waals surface area (Å²) in [5, 5.41) is 3.21. The van der Waals surface area contributed by atoms with Crippen molar-refractivity contribution in [2.24, 2.45) is 0 Å². The Labute approximate surface area is 173 Å². The van der Waals surface area contributed by atoms with Crippen LogP contribution in [0.15, 0.2) is 27.5 Å². The van der Waals surface area contributed by atoms with E-state index in [1.807, 2.05) is 19.1 Å². The van der Waals surface area contributed by atoms with Crippen LogP contribution in [0.25, 0.3) is 11.2 Å². The number of anilines is 2. The van der Waals surface area contributed by atoms with Crippen molar-refractivity contribution in [1.82, 2.24) is 14.5 Å². The zero-order chi connectivity index (χ0) is 20.4. The van der Waals surface area contributed by atoms with E-state index in [2.05, 4.69) is 34.8 Å². The lowest BCUT2D eigenvalue weighted by atomic mass is 10.1. The molecule has 0 bridgehead atoms. The molecule has 1 aliphatic heterocycles. The summed E-state index contributed by atoms with van der Waals surface area (Å²) in [7, 11) is 0. The van der Waals surface area contributed by atoms with E-state index < -0.39 is 5.76 Å². The van der Waals surface area contributed by atoms with Crippen LogP contribution in [0.3, 0.4) is 0 Å². The van der Waals surface area contributed by atoms with E-state index in [1.165, 1.54) is 6.20 Å². The fraction of sp³-hybridized carbons (Fsp3) is 0.450. The lowest BCUT2D eigenvalue weighted by molar-refractivity contribution is 0.174. The van der Waals surface area contributed by atoms with E-state index in [-0.39, 0.29) is 12.8 Å². The molecule has 0 aliphatic carbocycles. The molecule has 29 heavy (non-hydrogen) atoms. The van der Waals surface area contributed by atoms with Crippen LogP contribution < -0.4 is 20.5 Å². The molecule has 2 aromatic heterocycles. The number of hydrogen-bond donors (Lipinski definition) is 2. The summed E-state index contributed by atoms with van der Waals surface area (Å²) in [5.74, 6) is 2.05. The minimum absolute atomic E-state index is 0.00349. The second-order valence-corrected chi connectivity index (χ2v) is 7.52. The Morgan fingerprint density at radius 1 is 1.28 bits per heavy atom. The number of hydrogen-bond acceptors (Lipinski definition) is 8. The predicted molar refractivity (Wildman–Crippen MR) is 114 cm³/mol. The van der Waals surface area contributed by atoms with Gasteiger partial charge < -0.3 is 19.2 Å². The molecule has 0 fully saturated rings. The Morgan fingerprint density at radius 2 is 2.07 bits per heavy atom. The van der Waals surface area contributed by atoms with Gasteiger partial charge in [0.25, 0.3) is 0 Å². The minimum atomic E-state index is -0.409. The van der Waals surface area contributed by atoms with Crippen LogP contribution in [0.2, 0.25) is 0 Å². The van der Waals surface area contributed by atoms with E-state index in [9.17, 15) is 4.79 Å². The quantitative estimate of drug-likeness (QED) is 0.531. The van der Waals surface area contributed by atoms with Crippen LogP contribution in [0.1, 0.15) is 44.2 Å². The molecule has 0 spiro atoms. The zero-order valence-electron chi connectivity index (χ0n) is 16.5. The smallest absolute Gasteiger partial charge is 0.421 e. The summed E-state index contributed by atoms with van der Waals surface area (Å²) in [5.41, 5.74) is 2.65. The van der Waals surface area contributed by atoms with E-state index in [0.717, 1.165) is 42.7 Å². The van der Waals surface area contributed by atoms with Gasteiger partial charge >= 0.3 is 5.76 Å². The number of unbranched alkanes of at least 4 members (excludes halogenated alkanes) is 1. The summed E-state index contributed by atoms with van der Waals surface area (Å²) in [6.07, 6.45) is 5.25. The van der Waals surface area contributed by atoms with Crippen molar-refractivity contribution in [3.63, 3.8) is 0 Å². The van der Waals surface area contributed by atoms with Gasteiger partial charge in [0.15, 0.2) is 22.7 Å². The third-order valence-electron chi connectivity index (χ3n) is 5.04. The van der Waals surface area contributed by atoms with E-state index in [1.54, 1.807) is 4.57 Å². The average Bonchev–Trinajstić information content (AvgIpc) is 3.28. The average molecular weight is 417 g/mol. The maximum absolute atomic E-state index is 12.5. The Hall–Kier alpha value is -2.68. The predicted octanol–water partition coefficient (Wildman–Crippen LogP) is 4.22. The first-order valence-corrected chi connectivity index (χ1v) is 10.4. The third-order valence-corrected chi connectivity index (χ3v) is 5.30. The van der Waals surface area contributed by atoms with Gasteiger partial charge in [-0.05, 0) is 37.1 Å². The molecule has 3 aromatic rings. The Kier molecular flexibility index (Phi) is 5.66. The molecule has 0 saturated heterocycles. The molecular weight excluding hydrogens is 392 g/mol. The number of ether oxygens (including phenoxy) is 2. The normalized spacial score (nSPS) is 13.8. The number of aromatic nitrogens is 3. The number of thiol groups is 1. The van der Waals surface area contributed by atoms with Crippen molar-refractivity contribution in [1.29, 1.82) is 0 Å². The number of nitrogens with one attached hydrogen (secondary N) is 1. The number of fused-ring (bicyclic) bond motifs is 2. The fourth-order valence-corrected chi connectivity index (χ4v) is 3.81. The van der Waals surface area contributed by atoms with Crippen LogP contribution in [0.5, 0.6) is 11.5 Å². The van der Waals surface area contributed by atoms with Gasteiger partial charge in [-0.15, -0.1) is 0 Å². The number of nitrogens with zero attached hydrogens (tertiary/aromatic N) is 3. The highest BCUT2D eigenvalue weighted by Gasteiger charge is 2.21. The molecule has 1 unspecified atom stereocenters. The first-order valence-electron chi connectivity index (χ1n) is 9.77. The monoisotopic (exact) mass is 416 g/mol. The summed E-state index contributed by atoms with van der Waals surface area (Å²) in [4.78, 5) is 21.4. The Morgan fingerprint density at radius 3 is 2.83 bits per heavy atom. The minimum Gasteiger partial charge on any atom is -0.454 e. The number of benzene rings is 1. The molecule has 0 radical (unpaired) electrons. The van der Waals surface area contributed by atoms with Gasteiger partial charge in [0.2, 0.25) is 12.7 Å². The van der Waals surface area contributed by atoms with Crippen molar-refractivity contribution in [3.8, 4) is 11.5 Å². The molecule has 1 aromatic carbocycles. The topological polar surface area (TPSA) is 91.4 Å². The van der Waals surface area contributed by atoms with E-state index in [4.69, 9.17) is 13.9 Å². The van der Waals surface area contributed by atoms with Crippen molar-refractivity contribution >= 4 is 35.5 Å². The first-order chi connectivity index (χ1) is 14.1. The van der Waals surface area contributed by atoms with Gasteiger partial charge in [-0.25, -0.2) is 9.78 Å². The van der Waals surface area contributed by atoms with Gasteiger partial charge in [0.05, 0.1) is 6.20 Å². The number of oxazole rings is 1. The standard InChI is InChI=1S/C20H24N4O4S/c1-3-4-5-13(6-7-29)24-18-17(28-20(24)25)10-21-19(23-18)22-14-9-16-15(8-12(14)2)26-11-27-16/h8-10,13,29H,3-7,11H2,1-2H3,(H,21,22,23). The molecule has 8 nitrogen and oxygen atoms in total. The van der Waals surface area contributed by atoms with Crippen LogP contribution in [-0.2, 0) is 0 Å². The van der Waals surface area contributed by atoms with Crippen molar-refractivity contribution in [3.05, 3.63) is 34.4 Å². The molecule has 0 amide bonds. The van der Waals surface area contributed by atoms with Gasteiger partial charge in [-0.1, -0.05) is 19.8 Å². The van der Waals surface area contributed by atoms with Crippen molar-refractivity contribution < 1.29 is 13.9 Å². The lowest BCUT2D eigenvalue weighted by Crippen LogP contribution is -2.21. The van der Waals surface area contributed by atoms with Crippen LogP contribution >= 0.6 is 12.6 Å². The molecule has 0 saturated carbocycles. The highest BCUT2D eigenvalue weighted by atomic mass is 32.1. The Bertz CT molecular complexity index is 1080. The van der Waals surface area contributed by atoms with Crippen LogP contribution in [-0.4, -0.2) is 27.1 Å². The summed E-state index contributed by atoms with van der Waals surface area (Å²) >= 11 is 4.36. The molecule has 9 heteroatoms. The molecule has 4 rings (SSSR count). The van der Waals surface area contributed by atoms with Crippen LogP contribution in [0.4, 0.5) is 11.6 Å². The molecule has 1 aliphatic rings. The maximum atomic E-state index is 12.5. The van der Waals surface area contributed by atoms with E-state index >= 15 is 0 Å². The van der Waals surface area contributed by atoms with Gasteiger partial charge in [-0.2, -0.15) is 17.6 Å². The molecule has 154 valence electrons. The molecule has 1 N–H and O–H groups in total. The van der Waals surface area contributed by atoms with Crippen LogP contribution in [0, 0.1) is 6.92 Å². The second kappa shape index (κ2) is 8.36. The van der Waals surface area contributed by atoms with Gasteiger partial charge in [0, 0.05) is 17.8 Å². The van der Waals surface area contributed by atoms with Crippen molar-refractivity contribution in [2.75, 3.05) is 17.9 Å². The number of rotatable bonds is 8. The maximum Gasteiger partial charge on any atom is 0.421 e. The summed E-state index contributed by atoms with van der Waals surface area (Å²) in [6, 6.07) is 3.76. The van der Waals surface area contributed by atoms with Gasteiger partial charge in [0.1, 0.15) is 0 Å². The Balaban J connectivity index is 1.69. The lowest BCUT2D eigenvalue weighted by Gasteiger charge is -2.16. The summed E-state index contributed by atoms with van der Waals surface area (Å²) < 4.78 is 17.9. The largest absolute Gasteiger partial charge is 0.454 e. The SMILES string of the molecule is CCCCC(CCS)n1c(=O)oc2cnc(Nc3cc4c(cc3C)OCO4)nc21. The third kappa shape index (κ3) is 3.91. The number of aryl methyl sites for hydroxylation is 1. The molecular formula is C20H24N4O4S. The zero-order valence-corrected chi connectivity index (χ0v) is 17.4. The molecule has 1 atom stereocenters.